The van der Waals surface area contributed by atoms with Crippen LogP contribution in [-0.4, -0.2) is 95.1 Å². The maximum atomic E-state index is 14.0. The van der Waals surface area contributed by atoms with Crippen LogP contribution in [-0.2, 0) is 5.41 Å². The number of amides is 3. The van der Waals surface area contributed by atoms with Gasteiger partial charge in [-0.25, -0.2) is 14.8 Å². The third kappa shape index (κ3) is 9.04. The molecule has 0 bridgehead atoms. The maximum absolute atomic E-state index is 14.0. The van der Waals surface area contributed by atoms with Gasteiger partial charge in [0.15, 0.2) is 0 Å². The molecule has 2 atom stereocenters. The molecular formula is C25H45Cl2N7O2S. The minimum absolute atomic E-state index is 0. The Morgan fingerprint density at radius 1 is 1.30 bits per heavy atom. The molecule has 0 aliphatic carbocycles. The highest BCUT2D eigenvalue weighted by atomic mass is 35.5. The summed E-state index contributed by atoms with van der Waals surface area (Å²) in [5, 5.41) is 9.79. The number of piperidine rings is 1. The molecule has 3 amide bonds. The van der Waals surface area contributed by atoms with Crippen LogP contribution in [0.5, 0.6) is 0 Å². The SMILES string of the molecule is CSCCCNc1nc(C(C)(C)C)ncc1C(=O)N(CC(C)C)[C@@H]1CNC[C@H](N2CCNC2=O)C1.Cl.Cl. The molecule has 3 N–H and O–H groups in total. The molecule has 3 rings (SSSR count). The fraction of sp³-hybridized carbons (Fsp3) is 0.760. The summed E-state index contributed by atoms with van der Waals surface area (Å²) < 4.78 is 0. The van der Waals surface area contributed by atoms with Gasteiger partial charge in [-0.1, -0.05) is 34.6 Å². The Kier molecular flexibility index (Phi) is 13.8. The van der Waals surface area contributed by atoms with Crippen LogP contribution in [0.15, 0.2) is 6.20 Å². The third-order valence-electron chi connectivity index (χ3n) is 6.41. The summed E-state index contributed by atoms with van der Waals surface area (Å²) in [6.07, 6.45) is 5.54. The summed E-state index contributed by atoms with van der Waals surface area (Å²) in [5.41, 5.74) is 0.301. The Bertz CT molecular complexity index is 885. The largest absolute Gasteiger partial charge is 0.369 e. The molecule has 2 aliphatic heterocycles. The molecule has 0 unspecified atom stereocenters. The zero-order chi connectivity index (χ0) is 25.6. The Morgan fingerprint density at radius 3 is 2.62 bits per heavy atom. The number of hydrogen-bond acceptors (Lipinski definition) is 7. The summed E-state index contributed by atoms with van der Waals surface area (Å²) in [5.74, 6) is 2.64. The lowest BCUT2D eigenvalue weighted by atomic mass is 9.95. The molecule has 37 heavy (non-hydrogen) atoms. The first-order valence-electron chi connectivity index (χ1n) is 12.8. The zero-order valence-electron chi connectivity index (χ0n) is 23.0. The first-order valence-corrected chi connectivity index (χ1v) is 14.2. The number of carbonyl (C=O) groups is 2. The van der Waals surface area contributed by atoms with Gasteiger partial charge >= 0.3 is 6.03 Å². The second-order valence-corrected chi connectivity index (χ2v) is 11.9. The van der Waals surface area contributed by atoms with Crippen LogP contribution in [0.4, 0.5) is 10.6 Å². The van der Waals surface area contributed by atoms with Gasteiger partial charge in [-0.3, -0.25) is 4.79 Å². The highest BCUT2D eigenvalue weighted by molar-refractivity contribution is 7.98. The Morgan fingerprint density at radius 2 is 2.03 bits per heavy atom. The molecule has 9 nitrogen and oxygen atoms in total. The van der Waals surface area contributed by atoms with Crippen molar-refractivity contribution in [1.29, 1.82) is 0 Å². The number of urea groups is 1. The van der Waals surface area contributed by atoms with E-state index in [1.807, 2.05) is 21.6 Å². The molecule has 0 aromatic carbocycles. The second kappa shape index (κ2) is 15.2. The van der Waals surface area contributed by atoms with Gasteiger partial charge in [0.2, 0.25) is 0 Å². The molecule has 0 saturated carbocycles. The maximum Gasteiger partial charge on any atom is 0.317 e. The molecule has 212 valence electrons. The van der Waals surface area contributed by atoms with Gasteiger partial charge in [-0.2, -0.15) is 11.8 Å². The molecule has 1 aromatic heterocycles. The molecule has 0 spiro atoms. The van der Waals surface area contributed by atoms with Crippen molar-refractivity contribution in [3.63, 3.8) is 0 Å². The molecule has 1 aromatic rings. The molecule has 2 aliphatic rings. The predicted octanol–water partition coefficient (Wildman–Crippen LogP) is 3.64. The van der Waals surface area contributed by atoms with Gasteiger partial charge in [-0.15, -0.1) is 24.8 Å². The summed E-state index contributed by atoms with van der Waals surface area (Å²) in [6.45, 7) is 14.7. The average molecular weight is 579 g/mol. The van der Waals surface area contributed by atoms with E-state index in [0.717, 1.165) is 37.5 Å². The van der Waals surface area contributed by atoms with E-state index in [0.29, 0.717) is 43.5 Å². The normalized spacial score (nSPS) is 19.6. The minimum Gasteiger partial charge on any atom is -0.369 e. The quantitative estimate of drug-likeness (QED) is 0.365. The van der Waals surface area contributed by atoms with Crippen molar-refractivity contribution in [1.82, 2.24) is 30.4 Å². The van der Waals surface area contributed by atoms with Gasteiger partial charge in [0, 0.05) is 63.0 Å². The fourth-order valence-corrected chi connectivity index (χ4v) is 5.04. The predicted molar refractivity (Wildman–Crippen MR) is 158 cm³/mol. The lowest BCUT2D eigenvalue weighted by Crippen LogP contribution is -2.58. The number of anilines is 1. The van der Waals surface area contributed by atoms with Gasteiger partial charge < -0.3 is 25.8 Å². The Labute approximate surface area is 238 Å². The number of carbonyl (C=O) groups excluding carboxylic acids is 2. The van der Waals surface area contributed by atoms with Crippen LogP contribution in [0.25, 0.3) is 0 Å². The van der Waals surface area contributed by atoms with Crippen LogP contribution in [0.3, 0.4) is 0 Å². The van der Waals surface area contributed by atoms with Gasteiger partial charge in [0.05, 0.1) is 0 Å². The van der Waals surface area contributed by atoms with E-state index in [-0.39, 0.29) is 54.3 Å². The van der Waals surface area contributed by atoms with Crippen molar-refractivity contribution < 1.29 is 9.59 Å². The summed E-state index contributed by atoms with van der Waals surface area (Å²) in [4.78, 5) is 39.6. The van der Waals surface area contributed by atoms with E-state index in [9.17, 15) is 9.59 Å². The molecular weight excluding hydrogens is 533 g/mol. The van der Waals surface area contributed by atoms with E-state index in [2.05, 4.69) is 61.8 Å². The highest BCUT2D eigenvalue weighted by Gasteiger charge is 2.37. The van der Waals surface area contributed by atoms with E-state index in [1.54, 1.807) is 6.20 Å². The Balaban J connectivity index is 0.00000342. The van der Waals surface area contributed by atoms with Crippen LogP contribution >= 0.6 is 36.6 Å². The average Bonchev–Trinajstić information content (AvgIpc) is 3.25. The molecule has 0 radical (unpaired) electrons. The van der Waals surface area contributed by atoms with Crippen molar-refractivity contribution in [2.24, 2.45) is 5.92 Å². The molecule has 2 fully saturated rings. The van der Waals surface area contributed by atoms with Crippen molar-refractivity contribution in [2.75, 3.05) is 56.6 Å². The zero-order valence-corrected chi connectivity index (χ0v) is 25.5. The lowest BCUT2D eigenvalue weighted by molar-refractivity contribution is 0.0567. The number of nitrogens with one attached hydrogen (secondary N) is 3. The monoisotopic (exact) mass is 577 g/mol. The van der Waals surface area contributed by atoms with Crippen LogP contribution in [0.2, 0.25) is 0 Å². The highest BCUT2D eigenvalue weighted by Crippen LogP contribution is 2.25. The van der Waals surface area contributed by atoms with E-state index in [1.165, 1.54) is 0 Å². The Hall–Kier alpha value is -1.49. The van der Waals surface area contributed by atoms with Gasteiger partial charge in [0.1, 0.15) is 17.2 Å². The standard InChI is InChI=1S/C25H43N7O2S.2ClH/c1-17(2)16-32(19-12-18(13-26-14-19)31-10-9-28-24(31)34)22(33)20-15-29-23(25(3,4)5)30-21(20)27-8-7-11-35-6;;/h15,17-19,26H,7-14,16H2,1-6H3,(H,28,34)(H,27,29,30);2*1H/t18-,19+;;/m1../s1. The lowest BCUT2D eigenvalue weighted by Gasteiger charge is -2.41. The summed E-state index contributed by atoms with van der Waals surface area (Å²) in [6, 6.07) is 0.0492. The number of aromatic nitrogens is 2. The summed E-state index contributed by atoms with van der Waals surface area (Å²) >= 11 is 1.81. The third-order valence-corrected chi connectivity index (χ3v) is 7.10. The number of thioether (sulfide) groups is 1. The molecule has 3 heterocycles. The van der Waals surface area contributed by atoms with Crippen LogP contribution in [0, 0.1) is 5.92 Å². The van der Waals surface area contributed by atoms with Crippen molar-refractivity contribution in [3.05, 3.63) is 17.6 Å². The van der Waals surface area contributed by atoms with E-state index >= 15 is 0 Å². The second-order valence-electron chi connectivity index (χ2n) is 11.0. The van der Waals surface area contributed by atoms with E-state index < -0.39 is 0 Å². The van der Waals surface area contributed by atoms with Gasteiger partial charge in [-0.05, 0) is 30.8 Å². The van der Waals surface area contributed by atoms with E-state index in [4.69, 9.17) is 4.98 Å². The van der Waals surface area contributed by atoms with Crippen LogP contribution < -0.4 is 16.0 Å². The minimum atomic E-state index is -0.217. The van der Waals surface area contributed by atoms with Crippen molar-refractivity contribution in [3.8, 4) is 0 Å². The van der Waals surface area contributed by atoms with Crippen LogP contribution in [0.1, 0.15) is 63.6 Å². The fourth-order valence-electron chi connectivity index (χ4n) is 4.61. The molecule has 2 saturated heterocycles. The van der Waals surface area contributed by atoms with Gasteiger partial charge in [0.25, 0.3) is 5.91 Å². The number of halogens is 2. The summed E-state index contributed by atoms with van der Waals surface area (Å²) in [7, 11) is 0. The first kappa shape index (κ1) is 33.5. The van der Waals surface area contributed by atoms with Crippen molar-refractivity contribution >= 4 is 54.3 Å². The molecule has 12 heteroatoms. The smallest absolute Gasteiger partial charge is 0.317 e. The number of hydrogen-bond donors (Lipinski definition) is 3. The van der Waals surface area contributed by atoms with Crippen molar-refractivity contribution in [2.45, 2.75) is 65.0 Å². The number of nitrogens with zero attached hydrogens (tertiary/aromatic N) is 4. The number of rotatable bonds is 10. The first-order chi connectivity index (χ1) is 16.6. The topological polar surface area (TPSA) is 102 Å².